The van der Waals surface area contributed by atoms with Crippen LogP contribution in [0.3, 0.4) is 0 Å². The Morgan fingerprint density at radius 3 is 2.59 bits per heavy atom. The molecule has 4 nitrogen and oxygen atoms in total. The molecule has 0 aromatic rings. The molecule has 0 saturated carbocycles. The highest BCUT2D eigenvalue weighted by Gasteiger charge is 2.20. The number of likely N-dealkylation sites (N-methyl/N-ethyl adjacent to an activating group) is 1. The second-order valence-electron chi connectivity index (χ2n) is 5.10. The molecule has 0 aromatic heterocycles. The van der Waals surface area contributed by atoms with E-state index in [0.717, 1.165) is 19.6 Å². The fraction of sp³-hybridized carbons (Fsp3) is 1.00. The lowest BCUT2D eigenvalue weighted by molar-refractivity contribution is 0.275. The van der Waals surface area contributed by atoms with Crippen LogP contribution in [0.25, 0.3) is 0 Å². The van der Waals surface area contributed by atoms with Gasteiger partial charge in [0.1, 0.15) is 0 Å². The summed E-state index contributed by atoms with van der Waals surface area (Å²) in [6, 6.07) is 0.553. The minimum atomic E-state index is -2.90. The Kier molecular flexibility index (Phi) is 5.89. The predicted molar refractivity (Wildman–Crippen MR) is 72.1 cm³/mol. The van der Waals surface area contributed by atoms with E-state index >= 15 is 0 Å². The van der Waals surface area contributed by atoms with E-state index in [9.17, 15) is 8.42 Å². The Morgan fingerprint density at radius 1 is 1.41 bits per heavy atom. The topological polar surface area (TPSA) is 49.4 Å². The second kappa shape index (κ2) is 6.71. The van der Waals surface area contributed by atoms with Gasteiger partial charge in [-0.15, -0.1) is 0 Å². The van der Waals surface area contributed by atoms with E-state index in [4.69, 9.17) is 0 Å². The van der Waals surface area contributed by atoms with Crippen LogP contribution in [0, 0.1) is 0 Å². The van der Waals surface area contributed by atoms with E-state index in [1.54, 1.807) is 13.8 Å². The van der Waals surface area contributed by atoms with Crippen LogP contribution in [0.5, 0.6) is 0 Å². The van der Waals surface area contributed by atoms with Crippen molar-refractivity contribution < 1.29 is 8.42 Å². The van der Waals surface area contributed by atoms with Gasteiger partial charge in [-0.25, -0.2) is 8.42 Å². The lowest BCUT2D eigenvalue weighted by Gasteiger charge is -2.24. The van der Waals surface area contributed by atoms with Gasteiger partial charge in [0.15, 0.2) is 9.84 Å². The molecule has 1 atom stereocenters. The maximum absolute atomic E-state index is 11.7. The third-order valence-corrected chi connectivity index (χ3v) is 5.69. The number of sulfone groups is 1. The summed E-state index contributed by atoms with van der Waals surface area (Å²) < 4.78 is 23.5. The van der Waals surface area contributed by atoms with Gasteiger partial charge in [0.05, 0.1) is 11.0 Å². The summed E-state index contributed by atoms with van der Waals surface area (Å²) in [5, 5.41) is 3.19. The van der Waals surface area contributed by atoms with Crippen LogP contribution >= 0.6 is 0 Å². The summed E-state index contributed by atoms with van der Waals surface area (Å²) in [7, 11) is -2.90. The fourth-order valence-electron chi connectivity index (χ4n) is 2.09. The molecule has 0 aromatic carbocycles. The van der Waals surface area contributed by atoms with Crippen LogP contribution in [0.1, 0.15) is 33.6 Å². The number of nitrogens with zero attached hydrogens (tertiary/aromatic N) is 1. The van der Waals surface area contributed by atoms with Gasteiger partial charge >= 0.3 is 0 Å². The van der Waals surface area contributed by atoms with E-state index in [1.807, 2.05) is 0 Å². The third-order valence-electron chi connectivity index (χ3n) is 3.50. The van der Waals surface area contributed by atoms with Crippen LogP contribution in [0.4, 0.5) is 0 Å². The van der Waals surface area contributed by atoms with Crippen LogP contribution in [0.2, 0.25) is 0 Å². The molecule has 1 heterocycles. The van der Waals surface area contributed by atoms with Gasteiger partial charge in [0.25, 0.3) is 0 Å². The van der Waals surface area contributed by atoms with Crippen molar-refractivity contribution in [3.63, 3.8) is 0 Å². The first-order valence-corrected chi connectivity index (χ1v) is 8.34. The van der Waals surface area contributed by atoms with Gasteiger partial charge in [-0.3, -0.25) is 0 Å². The molecule has 1 saturated heterocycles. The molecule has 0 amide bonds. The maximum Gasteiger partial charge on any atom is 0.153 e. The normalized spacial score (nSPS) is 21.6. The standard InChI is InChI=1S/C12H26N2O2S/c1-4-14(10-12-6-5-7-13-12)8-9-17(15,16)11(2)3/h11-13H,4-10H2,1-3H3. The molecule has 0 aliphatic carbocycles. The van der Waals surface area contributed by atoms with Gasteiger partial charge in [-0.05, 0) is 39.8 Å². The fourth-order valence-corrected chi connectivity index (χ4v) is 3.08. The van der Waals surface area contributed by atoms with Crippen molar-refractivity contribution in [3.05, 3.63) is 0 Å². The van der Waals surface area contributed by atoms with Crippen molar-refractivity contribution in [3.8, 4) is 0 Å². The molecule has 1 N–H and O–H groups in total. The molecule has 1 rings (SSSR count). The van der Waals surface area contributed by atoms with Gasteiger partial charge in [-0.2, -0.15) is 0 Å². The van der Waals surface area contributed by atoms with Crippen LogP contribution in [-0.2, 0) is 9.84 Å². The van der Waals surface area contributed by atoms with Gasteiger partial charge in [0, 0.05) is 19.1 Å². The number of hydrogen-bond donors (Lipinski definition) is 1. The average molecular weight is 262 g/mol. The van der Waals surface area contributed by atoms with Crippen molar-refractivity contribution in [2.24, 2.45) is 0 Å². The monoisotopic (exact) mass is 262 g/mol. The van der Waals surface area contributed by atoms with Crippen molar-refractivity contribution in [2.45, 2.75) is 44.9 Å². The molecule has 0 spiro atoms. The van der Waals surface area contributed by atoms with Crippen molar-refractivity contribution >= 4 is 9.84 Å². The van der Waals surface area contributed by atoms with Crippen molar-refractivity contribution in [1.82, 2.24) is 10.2 Å². The largest absolute Gasteiger partial charge is 0.313 e. The van der Waals surface area contributed by atoms with Crippen molar-refractivity contribution in [2.75, 3.05) is 31.9 Å². The molecule has 0 radical (unpaired) electrons. The van der Waals surface area contributed by atoms with Crippen LogP contribution in [0.15, 0.2) is 0 Å². The summed E-state index contributed by atoms with van der Waals surface area (Å²) in [6.45, 7) is 9.27. The second-order valence-corrected chi connectivity index (χ2v) is 7.78. The molecule has 1 aliphatic rings. The summed E-state index contributed by atoms with van der Waals surface area (Å²) in [5.74, 6) is 0.283. The number of hydrogen-bond acceptors (Lipinski definition) is 4. The van der Waals surface area contributed by atoms with Crippen LogP contribution in [-0.4, -0.2) is 56.5 Å². The Balaban J connectivity index is 2.36. The number of nitrogens with one attached hydrogen (secondary N) is 1. The molecular weight excluding hydrogens is 236 g/mol. The first kappa shape index (κ1) is 14.9. The van der Waals surface area contributed by atoms with E-state index in [2.05, 4.69) is 17.1 Å². The average Bonchev–Trinajstić information content (AvgIpc) is 2.76. The zero-order valence-electron chi connectivity index (χ0n) is 11.3. The summed E-state index contributed by atoms with van der Waals surface area (Å²) in [6.07, 6.45) is 2.46. The highest BCUT2D eigenvalue weighted by atomic mass is 32.2. The smallest absolute Gasteiger partial charge is 0.153 e. The quantitative estimate of drug-likeness (QED) is 0.740. The third kappa shape index (κ3) is 4.94. The molecule has 1 fully saturated rings. The summed E-state index contributed by atoms with van der Waals surface area (Å²) in [5.41, 5.74) is 0. The Bertz CT molecular complexity index is 308. The summed E-state index contributed by atoms with van der Waals surface area (Å²) >= 11 is 0. The van der Waals surface area contributed by atoms with E-state index < -0.39 is 9.84 Å². The van der Waals surface area contributed by atoms with Gasteiger partial charge in [-0.1, -0.05) is 6.92 Å². The SMILES string of the molecule is CCN(CCS(=O)(=O)C(C)C)CC1CCCN1. The molecule has 102 valence electrons. The zero-order chi connectivity index (χ0) is 12.9. The number of rotatable bonds is 7. The molecule has 5 heteroatoms. The zero-order valence-corrected chi connectivity index (χ0v) is 12.1. The molecule has 1 aliphatic heterocycles. The molecular formula is C12H26N2O2S. The highest BCUT2D eigenvalue weighted by molar-refractivity contribution is 7.92. The van der Waals surface area contributed by atoms with Crippen molar-refractivity contribution in [1.29, 1.82) is 0 Å². The van der Waals surface area contributed by atoms with Gasteiger partial charge in [0.2, 0.25) is 0 Å². The minimum Gasteiger partial charge on any atom is -0.313 e. The van der Waals surface area contributed by atoms with E-state index in [0.29, 0.717) is 12.6 Å². The lowest BCUT2D eigenvalue weighted by atomic mass is 10.2. The highest BCUT2D eigenvalue weighted by Crippen LogP contribution is 2.08. The van der Waals surface area contributed by atoms with E-state index in [1.165, 1.54) is 12.8 Å². The lowest BCUT2D eigenvalue weighted by Crippen LogP contribution is -2.40. The van der Waals surface area contributed by atoms with E-state index in [-0.39, 0.29) is 11.0 Å². The molecule has 17 heavy (non-hydrogen) atoms. The minimum absolute atomic E-state index is 0.259. The maximum atomic E-state index is 11.7. The Labute approximate surface area is 106 Å². The Morgan fingerprint density at radius 2 is 2.12 bits per heavy atom. The van der Waals surface area contributed by atoms with Gasteiger partial charge < -0.3 is 10.2 Å². The van der Waals surface area contributed by atoms with Crippen LogP contribution < -0.4 is 5.32 Å². The first-order chi connectivity index (χ1) is 7.95. The molecule has 0 bridgehead atoms. The first-order valence-electron chi connectivity index (χ1n) is 6.63. The summed E-state index contributed by atoms with van der Waals surface area (Å²) in [4.78, 5) is 2.24. The Hall–Kier alpha value is -0.130. The molecule has 1 unspecified atom stereocenters. The predicted octanol–water partition coefficient (Wildman–Crippen LogP) is 0.884.